The van der Waals surface area contributed by atoms with Gasteiger partial charge in [-0.1, -0.05) is 24.3 Å². The number of rotatable bonds is 4. The second-order valence-electron chi connectivity index (χ2n) is 5.22. The SMILES string of the molecule is CC1CN(Cc2ccc(C(C)C(=O)O)cc2)CCO1. The molecule has 2 atom stereocenters. The second-order valence-corrected chi connectivity index (χ2v) is 5.22. The van der Waals surface area contributed by atoms with Gasteiger partial charge in [-0.15, -0.1) is 0 Å². The van der Waals surface area contributed by atoms with E-state index in [1.165, 1.54) is 5.56 Å². The number of hydrogen-bond acceptors (Lipinski definition) is 3. The molecule has 19 heavy (non-hydrogen) atoms. The van der Waals surface area contributed by atoms with Crippen LogP contribution in [0.4, 0.5) is 0 Å². The van der Waals surface area contributed by atoms with Gasteiger partial charge in [0.15, 0.2) is 0 Å². The van der Waals surface area contributed by atoms with E-state index in [1.54, 1.807) is 6.92 Å². The smallest absolute Gasteiger partial charge is 0.310 e. The number of carboxylic acid groups (broad SMARTS) is 1. The van der Waals surface area contributed by atoms with Crippen LogP contribution in [0.1, 0.15) is 30.9 Å². The number of ether oxygens (including phenoxy) is 1. The monoisotopic (exact) mass is 263 g/mol. The lowest BCUT2D eigenvalue weighted by molar-refractivity contribution is -0.138. The zero-order valence-electron chi connectivity index (χ0n) is 11.5. The molecule has 0 aliphatic carbocycles. The molecular formula is C15H21NO3. The van der Waals surface area contributed by atoms with Crippen LogP contribution in [0, 0.1) is 0 Å². The molecule has 1 aliphatic rings. The van der Waals surface area contributed by atoms with E-state index in [0.29, 0.717) is 6.10 Å². The highest BCUT2D eigenvalue weighted by Crippen LogP contribution is 2.17. The number of morpholine rings is 1. The molecule has 1 N–H and O–H groups in total. The van der Waals surface area contributed by atoms with E-state index < -0.39 is 11.9 Å². The Labute approximate surface area is 114 Å². The van der Waals surface area contributed by atoms with Crippen molar-refractivity contribution in [2.75, 3.05) is 19.7 Å². The van der Waals surface area contributed by atoms with Gasteiger partial charge in [-0.2, -0.15) is 0 Å². The molecule has 104 valence electrons. The van der Waals surface area contributed by atoms with Crippen LogP contribution in [0.25, 0.3) is 0 Å². The van der Waals surface area contributed by atoms with Gasteiger partial charge in [0.1, 0.15) is 0 Å². The predicted octanol–water partition coefficient (Wildman–Crippen LogP) is 2.10. The summed E-state index contributed by atoms with van der Waals surface area (Å²) >= 11 is 0. The molecule has 2 rings (SSSR count). The summed E-state index contributed by atoms with van der Waals surface area (Å²) in [6, 6.07) is 7.87. The molecule has 1 heterocycles. The maximum Gasteiger partial charge on any atom is 0.310 e. The minimum absolute atomic E-state index is 0.292. The number of carboxylic acids is 1. The van der Waals surface area contributed by atoms with Crippen LogP contribution in [-0.2, 0) is 16.1 Å². The van der Waals surface area contributed by atoms with Crippen LogP contribution in [-0.4, -0.2) is 41.8 Å². The van der Waals surface area contributed by atoms with Crippen LogP contribution >= 0.6 is 0 Å². The van der Waals surface area contributed by atoms with Crippen molar-refractivity contribution in [3.63, 3.8) is 0 Å². The first-order valence-corrected chi connectivity index (χ1v) is 6.72. The second kappa shape index (κ2) is 6.17. The van der Waals surface area contributed by atoms with Gasteiger partial charge in [-0.3, -0.25) is 9.69 Å². The summed E-state index contributed by atoms with van der Waals surface area (Å²) in [6.45, 7) is 7.39. The molecule has 0 radical (unpaired) electrons. The number of aliphatic carboxylic acids is 1. The lowest BCUT2D eigenvalue weighted by Crippen LogP contribution is -2.40. The molecule has 1 aromatic rings. The van der Waals surface area contributed by atoms with Gasteiger partial charge in [-0.25, -0.2) is 0 Å². The van der Waals surface area contributed by atoms with Crippen molar-refractivity contribution in [2.24, 2.45) is 0 Å². The van der Waals surface area contributed by atoms with Crippen LogP contribution in [0.2, 0.25) is 0 Å². The highest BCUT2D eigenvalue weighted by Gasteiger charge is 2.17. The van der Waals surface area contributed by atoms with Crippen molar-refractivity contribution in [3.05, 3.63) is 35.4 Å². The first-order chi connectivity index (χ1) is 9.06. The number of carbonyl (C=O) groups is 1. The zero-order chi connectivity index (χ0) is 13.8. The molecule has 2 unspecified atom stereocenters. The third-order valence-corrected chi connectivity index (χ3v) is 3.58. The summed E-state index contributed by atoms with van der Waals surface area (Å²) in [5.74, 6) is -1.23. The standard InChI is InChI=1S/C15H21NO3/c1-11-9-16(7-8-19-11)10-13-3-5-14(6-4-13)12(2)15(17)18/h3-6,11-12H,7-10H2,1-2H3,(H,17,18). The Morgan fingerprint density at radius 3 is 2.74 bits per heavy atom. The number of hydrogen-bond donors (Lipinski definition) is 1. The molecule has 0 aromatic heterocycles. The maximum atomic E-state index is 10.9. The molecule has 0 saturated carbocycles. The van der Waals surface area contributed by atoms with E-state index in [2.05, 4.69) is 11.8 Å². The average Bonchev–Trinajstić information content (AvgIpc) is 2.39. The summed E-state index contributed by atoms with van der Waals surface area (Å²) < 4.78 is 5.52. The molecule has 1 aliphatic heterocycles. The van der Waals surface area contributed by atoms with Crippen molar-refractivity contribution in [1.29, 1.82) is 0 Å². The molecule has 0 amide bonds. The Morgan fingerprint density at radius 2 is 2.16 bits per heavy atom. The fraction of sp³-hybridized carbons (Fsp3) is 0.533. The van der Waals surface area contributed by atoms with Gasteiger partial charge >= 0.3 is 5.97 Å². The summed E-state index contributed by atoms with van der Waals surface area (Å²) in [7, 11) is 0. The van der Waals surface area contributed by atoms with E-state index >= 15 is 0 Å². The van der Waals surface area contributed by atoms with Crippen molar-refractivity contribution < 1.29 is 14.6 Å². The normalized spacial score (nSPS) is 22.1. The largest absolute Gasteiger partial charge is 0.481 e. The highest BCUT2D eigenvalue weighted by molar-refractivity contribution is 5.75. The van der Waals surface area contributed by atoms with Gasteiger partial charge in [0.25, 0.3) is 0 Å². The van der Waals surface area contributed by atoms with Crippen molar-refractivity contribution in [3.8, 4) is 0 Å². The van der Waals surface area contributed by atoms with E-state index in [9.17, 15) is 4.79 Å². The Morgan fingerprint density at radius 1 is 1.47 bits per heavy atom. The van der Waals surface area contributed by atoms with Gasteiger partial charge in [0, 0.05) is 19.6 Å². The molecule has 0 bridgehead atoms. The Bertz CT molecular complexity index is 430. The van der Waals surface area contributed by atoms with Crippen LogP contribution in [0.5, 0.6) is 0 Å². The third-order valence-electron chi connectivity index (χ3n) is 3.58. The van der Waals surface area contributed by atoms with Crippen molar-refractivity contribution >= 4 is 5.97 Å². The van der Waals surface area contributed by atoms with Crippen LogP contribution < -0.4 is 0 Å². The van der Waals surface area contributed by atoms with Gasteiger partial charge in [0.05, 0.1) is 18.6 Å². The summed E-state index contributed by atoms with van der Waals surface area (Å²) in [6.07, 6.45) is 0.292. The summed E-state index contributed by atoms with van der Waals surface area (Å²) in [5.41, 5.74) is 2.07. The van der Waals surface area contributed by atoms with E-state index in [4.69, 9.17) is 9.84 Å². The molecule has 1 fully saturated rings. The minimum atomic E-state index is -0.783. The Kier molecular flexibility index (Phi) is 4.56. The fourth-order valence-corrected chi connectivity index (χ4v) is 2.35. The predicted molar refractivity (Wildman–Crippen MR) is 73.2 cm³/mol. The van der Waals surface area contributed by atoms with E-state index in [1.807, 2.05) is 24.3 Å². The zero-order valence-corrected chi connectivity index (χ0v) is 11.5. The van der Waals surface area contributed by atoms with E-state index in [-0.39, 0.29) is 0 Å². The fourth-order valence-electron chi connectivity index (χ4n) is 2.35. The summed E-state index contributed by atoms with van der Waals surface area (Å²) in [5, 5.41) is 8.97. The third kappa shape index (κ3) is 3.78. The first-order valence-electron chi connectivity index (χ1n) is 6.72. The lowest BCUT2D eigenvalue weighted by atomic mass is 10.00. The molecule has 4 nitrogen and oxygen atoms in total. The molecule has 0 spiro atoms. The molecule has 1 saturated heterocycles. The Hall–Kier alpha value is -1.39. The van der Waals surface area contributed by atoms with Crippen molar-refractivity contribution in [1.82, 2.24) is 4.90 Å². The quantitative estimate of drug-likeness (QED) is 0.903. The topological polar surface area (TPSA) is 49.8 Å². The lowest BCUT2D eigenvalue weighted by Gasteiger charge is -2.31. The highest BCUT2D eigenvalue weighted by atomic mass is 16.5. The first kappa shape index (κ1) is 14.0. The maximum absolute atomic E-state index is 10.9. The van der Waals surface area contributed by atoms with Crippen LogP contribution in [0.3, 0.4) is 0 Å². The average molecular weight is 263 g/mol. The van der Waals surface area contributed by atoms with E-state index in [0.717, 1.165) is 31.8 Å². The van der Waals surface area contributed by atoms with Gasteiger partial charge in [0.2, 0.25) is 0 Å². The Balaban J connectivity index is 1.96. The molecule has 4 heteroatoms. The summed E-state index contributed by atoms with van der Waals surface area (Å²) in [4.78, 5) is 13.3. The van der Waals surface area contributed by atoms with Crippen LogP contribution in [0.15, 0.2) is 24.3 Å². The van der Waals surface area contributed by atoms with Gasteiger partial charge < -0.3 is 9.84 Å². The molecular weight excluding hydrogens is 242 g/mol. The van der Waals surface area contributed by atoms with Crippen molar-refractivity contribution in [2.45, 2.75) is 32.4 Å². The number of benzene rings is 1. The van der Waals surface area contributed by atoms with Gasteiger partial charge in [-0.05, 0) is 25.0 Å². The molecule has 1 aromatic carbocycles. The minimum Gasteiger partial charge on any atom is -0.481 e. The number of nitrogens with zero attached hydrogens (tertiary/aromatic N) is 1.